The molecule has 0 bridgehead atoms. The molecule has 1 amide bonds. The second-order valence-corrected chi connectivity index (χ2v) is 19.0. The van der Waals surface area contributed by atoms with Crippen LogP contribution in [0, 0.1) is 0 Å². The molecule has 372 valence electrons. The predicted octanol–water partition coefficient (Wildman–Crippen LogP) is 18.6. The van der Waals surface area contributed by atoms with E-state index < -0.39 is 12.1 Å². The van der Waals surface area contributed by atoms with Crippen molar-refractivity contribution in [1.82, 2.24) is 5.32 Å². The Labute approximate surface area is 399 Å². The van der Waals surface area contributed by atoms with Gasteiger partial charge in [-0.1, -0.05) is 286 Å². The third kappa shape index (κ3) is 50.8. The molecule has 2 atom stereocenters. The van der Waals surface area contributed by atoms with Gasteiger partial charge in [-0.2, -0.15) is 0 Å². The van der Waals surface area contributed by atoms with Crippen molar-refractivity contribution >= 4 is 5.91 Å². The maximum absolute atomic E-state index is 12.5. The van der Waals surface area contributed by atoms with Crippen LogP contribution in [0.25, 0.3) is 0 Å². The maximum atomic E-state index is 12.5. The van der Waals surface area contributed by atoms with Crippen molar-refractivity contribution in [3.63, 3.8) is 0 Å². The number of hydrogen-bond donors (Lipinski definition) is 3. The molecule has 0 aromatic rings. The van der Waals surface area contributed by atoms with Crippen molar-refractivity contribution in [3.8, 4) is 0 Å². The van der Waals surface area contributed by atoms with E-state index in [0.717, 1.165) is 64.2 Å². The van der Waals surface area contributed by atoms with Crippen LogP contribution in [-0.4, -0.2) is 34.9 Å². The molecule has 4 nitrogen and oxygen atoms in total. The highest BCUT2D eigenvalue weighted by atomic mass is 16.3. The second-order valence-electron chi connectivity index (χ2n) is 19.0. The van der Waals surface area contributed by atoms with Crippen molar-refractivity contribution in [1.29, 1.82) is 0 Å². The van der Waals surface area contributed by atoms with Gasteiger partial charge in [0.15, 0.2) is 0 Å². The first kappa shape index (κ1) is 61.8. The molecule has 0 aromatic carbocycles. The lowest BCUT2D eigenvalue weighted by Crippen LogP contribution is -2.45. The fraction of sp³-hybridized carbons (Fsp3) is 0.783. The number of amides is 1. The molecule has 0 saturated heterocycles. The van der Waals surface area contributed by atoms with Crippen molar-refractivity contribution < 1.29 is 15.0 Å². The van der Waals surface area contributed by atoms with Crippen LogP contribution < -0.4 is 5.32 Å². The van der Waals surface area contributed by atoms with Crippen LogP contribution in [0.4, 0.5) is 0 Å². The highest BCUT2D eigenvalue weighted by Crippen LogP contribution is 2.17. The third-order valence-corrected chi connectivity index (χ3v) is 12.7. The molecule has 0 aliphatic heterocycles. The molecule has 0 heterocycles. The summed E-state index contributed by atoms with van der Waals surface area (Å²) in [6, 6.07) is -0.537. The molecule has 0 radical (unpaired) electrons. The first-order chi connectivity index (χ1) is 31.7. The van der Waals surface area contributed by atoms with Gasteiger partial charge in [-0.15, -0.1) is 0 Å². The summed E-state index contributed by atoms with van der Waals surface area (Å²) in [5.74, 6) is -0.0296. The Kier molecular flexibility index (Phi) is 53.3. The first-order valence-corrected chi connectivity index (χ1v) is 28.1. The van der Waals surface area contributed by atoms with E-state index >= 15 is 0 Å². The number of carbonyl (C=O) groups is 1. The van der Waals surface area contributed by atoms with Crippen molar-refractivity contribution in [3.05, 3.63) is 72.9 Å². The Morgan fingerprint density at radius 3 is 1.03 bits per heavy atom. The lowest BCUT2D eigenvalue weighted by molar-refractivity contribution is -0.123. The van der Waals surface area contributed by atoms with E-state index in [9.17, 15) is 15.0 Å². The predicted molar refractivity (Wildman–Crippen MR) is 285 cm³/mol. The van der Waals surface area contributed by atoms with Gasteiger partial charge in [-0.3, -0.25) is 4.79 Å². The summed E-state index contributed by atoms with van der Waals surface area (Å²) in [5.41, 5.74) is 0. The van der Waals surface area contributed by atoms with E-state index in [1.165, 1.54) is 193 Å². The van der Waals surface area contributed by atoms with Gasteiger partial charge in [0.05, 0.1) is 18.8 Å². The molecule has 0 aliphatic rings. The monoisotopic (exact) mass is 892 g/mol. The average Bonchev–Trinajstić information content (AvgIpc) is 3.30. The minimum atomic E-state index is -0.660. The molecule has 3 N–H and O–H groups in total. The summed E-state index contributed by atoms with van der Waals surface area (Å²) in [4.78, 5) is 12.5. The number of aliphatic hydroxyl groups excluding tert-OH is 2. The van der Waals surface area contributed by atoms with Gasteiger partial charge in [-0.05, 0) is 64.2 Å². The summed E-state index contributed by atoms with van der Waals surface area (Å²) in [6.07, 6.45) is 78.9. The molecule has 0 rings (SSSR count). The van der Waals surface area contributed by atoms with Crippen molar-refractivity contribution in [2.24, 2.45) is 0 Å². The zero-order chi connectivity index (χ0) is 46.3. The van der Waals surface area contributed by atoms with E-state index in [2.05, 4.69) is 92.1 Å². The molecule has 0 aromatic heterocycles. The quantitative estimate of drug-likeness (QED) is 0.0421. The highest BCUT2D eigenvalue weighted by molar-refractivity contribution is 5.76. The SMILES string of the molecule is CC/C=C\C/C=C\C/C=C\C/C=C\C/C=C\C/C=C\CCCCCCCCCCCCCCCCCCCCC(=O)NC(CO)C(O)CCCCCCCCCCCCCCCCC. The zero-order valence-corrected chi connectivity index (χ0v) is 42.8. The summed E-state index contributed by atoms with van der Waals surface area (Å²) in [6.45, 7) is 4.26. The number of carbonyl (C=O) groups excluding carboxylic acids is 1. The zero-order valence-electron chi connectivity index (χ0n) is 42.8. The van der Waals surface area contributed by atoms with Gasteiger partial charge in [0.25, 0.3) is 0 Å². The van der Waals surface area contributed by atoms with Crippen LogP contribution in [0.5, 0.6) is 0 Å². The number of unbranched alkanes of at least 4 members (excludes halogenated alkanes) is 32. The molecule has 64 heavy (non-hydrogen) atoms. The van der Waals surface area contributed by atoms with Crippen molar-refractivity contribution in [2.45, 2.75) is 296 Å². The molecule has 2 unspecified atom stereocenters. The standard InChI is InChI=1S/C60H109NO3/c1-3-5-7-9-11-13-15-17-19-20-21-22-23-24-25-26-27-28-29-30-31-32-33-34-35-36-37-38-39-40-42-44-46-48-50-52-54-56-60(64)61-58(57-62)59(63)55-53-51-49-47-45-43-41-18-16-14-12-10-8-6-4-2/h5,7,11,13,17,19,21-22,24-25,27-28,58-59,62-63H,3-4,6,8-10,12,14-16,18,20,23,26,29-57H2,1-2H3,(H,61,64)/b7-5-,13-11-,19-17-,22-21-,25-24-,28-27-. The molecule has 0 saturated carbocycles. The van der Waals surface area contributed by atoms with Crippen LogP contribution in [0.2, 0.25) is 0 Å². The number of rotatable bonds is 51. The number of allylic oxidation sites excluding steroid dienone is 12. The lowest BCUT2D eigenvalue weighted by atomic mass is 10.0. The number of nitrogens with one attached hydrogen (secondary N) is 1. The highest BCUT2D eigenvalue weighted by Gasteiger charge is 2.20. The molecule has 0 aliphatic carbocycles. The largest absolute Gasteiger partial charge is 0.394 e. The summed E-state index contributed by atoms with van der Waals surface area (Å²) < 4.78 is 0. The van der Waals surface area contributed by atoms with E-state index in [-0.39, 0.29) is 12.5 Å². The van der Waals surface area contributed by atoms with Gasteiger partial charge < -0.3 is 15.5 Å². The molecular weight excluding hydrogens is 783 g/mol. The van der Waals surface area contributed by atoms with Gasteiger partial charge in [0, 0.05) is 6.42 Å². The fourth-order valence-corrected chi connectivity index (χ4v) is 8.48. The van der Waals surface area contributed by atoms with Crippen LogP contribution in [0.1, 0.15) is 284 Å². The minimum absolute atomic E-state index is 0.0296. The second kappa shape index (κ2) is 55.2. The smallest absolute Gasteiger partial charge is 0.220 e. The minimum Gasteiger partial charge on any atom is -0.394 e. The Bertz CT molecular complexity index is 1100. The van der Waals surface area contributed by atoms with E-state index in [1.807, 2.05) is 0 Å². The van der Waals surface area contributed by atoms with E-state index in [0.29, 0.717) is 12.8 Å². The van der Waals surface area contributed by atoms with E-state index in [4.69, 9.17) is 0 Å². The summed E-state index contributed by atoms with van der Waals surface area (Å²) >= 11 is 0. The number of aliphatic hydroxyl groups is 2. The summed E-state index contributed by atoms with van der Waals surface area (Å²) in [7, 11) is 0. The maximum Gasteiger partial charge on any atom is 0.220 e. The molecule has 4 heteroatoms. The Morgan fingerprint density at radius 2 is 0.688 bits per heavy atom. The molecule has 0 spiro atoms. The van der Waals surface area contributed by atoms with Gasteiger partial charge in [-0.25, -0.2) is 0 Å². The Balaban J connectivity index is 3.45. The number of hydrogen-bond acceptors (Lipinski definition) is 3. The van der Waals surface area contributed by atoms with Crippen LogP contribution in [-0.2, 0) is 4.79 Å². The summed E-state index contributed by atoms with van der Waals surface area (Å²) in [5, 5.41) is 23.3. The Hall–Kier alpha value is -2.17. The van der Waals surface area contributed by atoms with Crippen LogP contribution in [0.15, 0.2) is 72.9 Å². The van der Waals surface area contributed by atoms with Crippen molar-refractivity contribution in [2.75, 3.05) is 6.61 Å². The van der Waals surface area contributed by atoms with Gasteiger partial charge in [0.1, 0.15) is 0 Å². The van der Waals surface area contributed by atoms with E-state index in [1.54, 1.807) is 0 Å². The van der Waals surface area contributed by atoms with Crippen LogP contribution >= 0.6 is 0 Å². The first-order valence-electron chi connectivity index (χ1n) is 28.1. The normalized spacial score (nSPS) is 13.4. The topological polar surface area (TPSA) is 69.6 Å². The Morgan fingerprint density at radius 1 is 0.391 bits per heavy atom. The van der Waals surface area contributed by atoms with Gasteiger partial charge in [0.2, 0.25) is 5.91 Å². The van der Waals surface area contributed by atoms with Gasteiger partial charge >= 0.3 is 0 Å². The average molecular weight is 893 g/mol. The fourth-order valence-electron chi connectivity index (χ4n) is 8.48. The lowest BCUT2D eigenvalue weighted by Gasteiger charge is -2.22. The molecule has 0 fully saturated rings. The third-order valence-electron chi connectivity index (χ3n) is 12.7. The molecular formula is C60H109NO3. The van der Waals surface area contributed by atoms with Crippen LogP contribution in [0.3, 0.4) is 0 Å².